The molecule has 0 fully saturated rings. The molecule has 1 N–H and O–H groups in total. The SMILES string of the molecule is COc1cc(/C=N\NC(=O)c2cncc(Br)c2)ccc1OC(=O)c1ccc2c(c1)OCO2. The average Bonchev–Trinajstić information content (AvgIpc) is 3.27. The standard InChI is InChI=1S/C22H16BrN3O6/c1-29-19-6-13(9-25-26-21(27)15-7-16(23)11-24-10-15)2-4-18(19)32-22(28)14-3-5-17-20(8-14)31-12-30-17/h2-11H,12H2,1H3,(H,26,27)/b25-9-. The molecule has 0 atom stereocenters. The highest BCUT2D eigenvalue weighted by atomic mass is 79.9. The molecule has 2 heterocycles. The summed E-state index contributed by atoms with van der Waals surface area (Å²) >= 11 is 3.26. The topological polar surface area (TPSA) is 108 Å². The van der Waals surface area contributed by atoms with Gasteiger partial charge in [-0.15, -0.1) is 0 Å². The summed E-state index contributed by atoms with van der Waals surface area (Å²) in [5.74, 6) is 0.640. The molecule has 9 nitrogen and oxygen atoms in total. The maximum Gasteiger partial charge on any atom is 0.343 e. The van der Waals surface area contributed by atoms with Crippen molar-refractivity contribution in [3.05, 3.63) is 76.0 Å². The van der Waals surface area contributed by atoms with E-state index in [0.717, 1.165) is 0 Å². The maximum absolute atomic E-state index is 12.5. The van der Waals surface area contributed by atoms with Gasteiger partial charge in [0.2, 0.25) is 6.79 Å². The minimum Gasteiger partial charge on any atom is -0.493 e. The van der Waals surface area contributed by atoms with E-state index in [2.05, 4.69) is 31.4 Å². The van der Waals surface area contributed by atoms with E-state index in [1.54, 1.807) is 48.7 Å². The smallest absolute Gasteiger partial charge is 0.343 e. The van der Waals surface area contributed by atoms with Crippen LogP contribution in [0.5, 0.6) is 23.0 Å². The van der Waals surface area contributed by atoms with Crippen molar-refractivity contribution in [2.45, 2.75) is 0 Å². The number of hydrogen-bond acceptors (Lipinski definition) is 8. The Morgan fingerprint density at radius 2 is 1.91 bits per heavy atom. The van der Waals surface area contributed by atoms with E-state index in [1.807, 2.05) is 0 Å². The molecule has 4 rings (SSSR count). The average molecular weight is 498 g/mol. The van der Waals surface area contributed by atoms with Crippen LogP contribution in [0, 0.1) is 0 Å². The number of nitrogens with one attached hydrogen (secondary N) is 1. The van der Waals surface area contributed by atoms with Crippen molar-refractivity contribution in [2.75, 3.05) is 13.9 Å². The number of halogens is 1. The van der Waals surface area contributed by atoms with Crippen molar-refractivity contribution in [3.63, 3.8) is 0 Å². The van der Waals surface area contributed by atoms with Gasteiger partial charge in [0.05, 0.1) is 24.5 Å². The Bertz CT molecular complexity index is 1210. The molecule has 0 saturated carbocycles. The first kappa shape index (κ1) is 21.3. The Morgan fingerprint density at radius 1 is 1.06 bits per heavy atom. The van der Waals surface area contributed by atoms with Crippen LogP contribution in [-0.4, -0.2) is 37.0 Å². The van der Waals surface area contributed by atoms with Gasteiger partial charge >= 0.3 is 5.97 Å². The van der Waals surface area contributed by atoms with Crippen molar-refractivity contribution in [1.82, 2.24) is 10.4 Å². The minimum atomic E-state index is -0.571. The molecule has 1 aliphatic heterocycles. The molecule has 2 aromatic carbocycles. The van der Waals surface area contributed by atoms with Crippen LogP contribution < -0.4 is 24.4 Å². The van der Waals surface area contributed by atoms with E-state index >= 15 is 0 Å². The van der Waals surface area contributed by atoms with Gasteiger partial charge in [0.25, 0.3) is 5.91 Å². The fraction of sp³-hybridized carbons (Fsp3) is 0.0909. The molecule has 1 aliphatic rings. The monoisotopic (exact) mass is 497 g/mol. The lowest BCUT2D eigenvalue weighted by atomic mass is 10.2. The Kier molecular flexibility index (Phi) is 6.31. The highest BCUT2D eigenvalue weighted by molar-refractivity contribution is 9.10. The predicted molar refractivity (Wildman–Crippen MR) is 118 cm³/mol. The zero-order valence-corrected chi connectivity index (χ0v) is 18.3. The van der Waals surface area contributed by atoms with Crippen LogP contribution >= 0.6 is 15.9 Å². The van der Waals surface area contributed by atoms with Crippen molar-refractivity contribution < 1.29 is 28.5 Å². The van der Waals surface area contributed by atoms with Gasteiger partial charge in [-0.05, 0) is 64.0 Å². The van der Waals surface area contributed by atoms with Crippen LogP contribution in [0.25, 0.3) is 0 Å². The number of carbonyl (C=O) groups is 2. The Hall–Kier alpha value is -3.92. The molecule has 162 valence electrons. The number of esters is 1. The number of nitrogens with zero attached hydrogens (tertiary/aromatic N) is 2. The van der Waals surface area contributed by atoms with Gasteiger partial charge in [-0.1, -0.05) is 0 Å². The van der Waals surface area contributed by atoms with Crippen molar-refractivity contribution in [2.24, 2.45) is 5.10 Å². The first-order valence-corrected chi connectivity index (χ1v) is 10.1. The molecule has 32 heavy (non-hydrogen) atoms. The van der Waals surface area contributed by atoms with Gasteiger partial charge in [0, 0.05) is 16.9 Å². The molecule has 0 spiro atoms. The molecule has 1 amide bonds. The second kappa shape index (κ2) is 9.48. The van der Waals surface area contributed by atoms with Gasteiger partial charge < -0.3 is 18.9 Å². The summed E-state index contributed by atoms with van der Waals surface area (Å²) < 4.78 is 22.0. The number of amides is 1. The number of pyridine rings is 1. The molecule has 0 bridgehead atoms. The molecule has 1 aromatic heterocycles. The first-order chi connectivity index (χ1) is 15.5. The summed E-state index contributed by atoms with van der Waals surface area (Å²) in [5.41, 5.74) is 3.72. The predicted octanol–water partition coefficient (Wildman–Crippen LogP) is 3.56. The molecular formula is C22H16BrN3O6. The fourth-order valence-electron chi connectivity index (χ4n) is 2.80. The lowest BCUT2D eigenvalue weighted by Crippen LogP contribution is -2.17. The van der Waals surface area contributed by atoms with Crippen molar-refractivity contribution >= 4 is 34.0 Å². The Labute approximate surface area is 191 Å². The maximum atomic E-state index is 12.5. The summed E-state index contributed by atoms with van der Waals surface area (Å²) in [6.45, 7) is 0.116. The minimum absolute atomic E-state index is 0.116. The van der Waals surface area contributed by atoms with Crippen LogP contribution in [0.3, 0.4) is 0 Å². The number of carbonyl (C=O) groups excluding carboxylic acids is 2. The summed E-state index contributed by atoms with van der Waals surface area (Å²) in [5, 5.41) is 3.94. The van der Waals surface area contributed by atoms with Crippen molar-refractivity contribution in [3.8, 4) is 23.0 Å². The number of ether oxygens (including phenoxy) is 4. The summed E-state index contributed by atoms with van der Waals surface area (Å²) in [7, 11) is 1.45. The van der Waals surface area contributed by atoms with Crippen LogP contribution in [-0.2, 0) is 0 Å². The van der Waals surface area contributed by atoms with E-state index in [-0.39, 0.29) is 12.5 Å². The number of rotatable bonds is 6. The lowest BCUT2D eigenvalue weighted by molar-refractivity contribution is 0.0729. The second-order valence-corrected chi connectivity index (χ2v) is 7.37. The molecular weight excluding hydrogens is 482 g/mol. The van der Waals surface area contributed by atoms with Crippen LogP contribution in [0.2, 0.25) is 0 Å². The first-order valence-electron chi connectivity index (χ1n) is 9.27. The highest BCUT2D eigenvalue weighted by Crippen LogP contribution is 2.33. The molecule has 0 aliphatic carbocycles. The van der Waals surface area contributed by atoms with Gasteiger partial charge in [-0.3, -0.25) is 9.78 Å². The van der Waals surface area contributed by atoms with E-state index in [0.29, 0.717) is 38.4 Å². The Balaban J connectivity index is 1.42. The molecule has 3 aromatic rings. The largest absolute Gasteiger partial charge is 0.493 e. The third-order valence-corrected chi connectivity index (χ3v) is 4.78. The third-order valence-electron chi connectivity index (χ3n) is 4.35. The normalized spacial score (nSPS) is 11.9. The van der Waals surface area contributed by atoms with Gasteiger partial charge in [-0.25, -0.2) is 10.2 Å². The zero-order chi connectivity index (χ0) is 22.5. The summed E-state index contributed by atoms with van der Waals surface area (Å²) in [6, 6.07) is 11.3. The van der Waals surface area contributed by atoms with Crippen LogP contribution in [0.4, 0.5) is 0 Å². The van der Waals surface area contributed by atoms with Crippen molar-refractivity contribution in [1.29, 1.82) is 0 Å². The molecule has 0 unspecified atom stereocenters. The van der Waals surface area contributed by atoms with E-state index in [9.17, 15) is 9.59 Å². The number of methoxy groups -OCH3 is 1. The zero-order valence-electron chi connectivity index (χ0n) is 16.7. The quantitative estimate of drug-likeness (QED) is 0.240. The second-order valence-electron chi connectivity index (χ2n) is 6.46. The van der Waals surface area contributed by atoms with Gasteiger partial charge in [0.1, 0.15) is 0 Å². The van der Waals surface area contributed by atoms with Crippen LogP contribution in [0.1, 0.15) is 26.3 Å². The number of benzene rings is 2. The van der Waals surface area contributed by atoms with E-state index in [4.69, 9.17) is 18.9 Å². The van der Waals surface area contributed by atoms with Gasteiger partial charge in [-0.2, -0.15) is 5.10 Å². The number of aromatic nitrogens is 1. The molecule has 0 saturated heterocycles. The summed E-state index contributed by atoms with van der Waals surface area (Å²) in [4.78, 5) is 28.6. The fourth-order valence-corrected chi connectivity index (χ4v) is 3.16. The van der Waals surface area contributed by atoms with Gasteiger partial charge in [0.15, 0.2) is 23.0 Å². The highest BCUT2D eigenvalue weighted by Gasteiger charge is 2.18. The number of fused-ring (bicyclic) bond motifs is 1. The third kappa shape index (κ3) is 4.86. The molecule has 10 heteroatoms. The van der Waals surface area contributed by atoms with Crippen LogP contribution in [0.15, 0.2) is 64.4 Å². The van der Waals surface area contributed by atoms with E-state index in [1.165, 1.54) is 19.5 Å². The summed E-state index contributed by atoms with van der Waals surface area (Å²) in [6.07, 6.45) is 4.45. The van der Waals surface area contributed by atoms with E-state index < -0.39 is 11.9 Å². The Morgan fingerprint density at radius 3 is 2.72 bits per heavy atom. The molecule has 0 radical (unpaired) electrons. The lowest BCUT2D eigenvalue weighted by Gasteiger charge is -2.10. The number of hydrogen-bond donors (Lipinski definition) is 1. The number of hydrazone groups is 1.